The number of hydrogen-bond acceptors (Lipinski definition) is 1. The van der Waals surface area contributed by atoms with Crippen LogP contribution in [0, 0.1) is 0 Å². The van der Waals surface area contributed by atoms with Gasteiger partial charge in [-0.05, 0) is 12.2 Å². The molecule has 0 saturated carbocycles. The highest BCUT2D eigenvalue weighted by Crippen LogP contribution is 1.98. The highest BCUT2D eigenvalue weighted by molar-refractivity contribution is 6.29. The normalized spacial score (nSPS) is 16.9. The summed E-state index contributed by atoms with van der Waals surface area (Å²) in [6, 6.07) is 0. The van der Waals surface area contributed by atoms with Crippen molar-refractivity contribution >= 4 is 11.6 Å². The maximum atomic E-state index is 5.57. The molecule has 1 heterocycles. The lowest BCUT2D eigenvalue weighted by molar-refractivity contribution is 1.17. The summed E-state index contributed by atoms with van der Waals surface area (Å²) in [6.45, 7) is 0. The van der Waals surface area contributed by atoms with E-state index in [1.165, 1.54) is 0 Å². The summed E-state index contributed by atoms with van der Waals surface area (Å²) in [5, 5.41) is 3.48. The van der Waals surface area contributed by atoms with Gasteiger partial charge in [0.2, 0.25) is 0 Å². The van der Waals surface area contributed by atoms with Crippen molar-refractivity contribution in [3.8, 4) is 0 Å². The summed E-state index contributed by atoms with van der Waals surface area (Å²) in [5.74, 6) is 0. The molecule has 0 fully saturated rings. The minimum absolute atomic E-state index is 0.648. The lowest BCUT2D eigenvalue weighted by Gasteiger charge is -1.90. The Balaban J connectivity index is 2.69. The SMILES string of the molecule is ClC1=CC=CC=CN1. The maximum absolute atomic E-state index is 5.57. The molecule has 1 nitrogen and oxygen atoms in total. The van der Waals surface area contributed by atoms with E-state index in [1.54, 1.807) is 12.3 Å². The Labute approximate surface area is 53.3 Å². The van der Waals surface area contributed by atoms with E-state index in [2.05, 4.69) is 5.32 Å². The Morgan fingerprint density at radius 1 is 1.25 bits per heavy atom. The molecule has 1 aliphatic heterocycles. The van der Waals surface area contributed by atoms with Crippen LogP contribution in [-0.4, -0.2) is 0 Å². The fourth-order valence-corrected chi connectivity index (χ4v) is 0.571. The van der Waals surface area contributed by atoms with Crippen molar-refractivity contribution in [1.82, 2.24) is 5.32 Å². The van der Waals surface area contributed by atoms with Crippen LogP contribution in [0.2, 0.25) is 0 Å². The van der Waals surface area contributed by atoms with Crippen molar-refractivity contribution in [3.05, 3.63) is 35.7 Å². The summed E-state index contributed by atoms with van der Waals surface area (Å²) in [4.78, 5) is 0. The molecule has 0 radical (unpaired) electrons. The van der Waals surface area contributed by atoms with Crippen LogP contribution < -0.4 is 5.32 Å². The van der Waals surface area contributed by atoms with Gasteiger partial charge in [-0.2, -0.15) is 0 Å². The zero-order chi connectivity index (χ0) is 5.82. The Morgan fingerprint density at radius 3 is 3.00 bits per heavy atom. The lowest BCUT2D eigenvalue weighted by atomic mass is 10.5. The summed E-state index contributed by atoms with van der Waals surface area (Å²) in [7, 11) is 0. The maximum Gasteiger partial charge on any atom is 0.106 e. The van der Waals surface area contributed by atoms with Gasteiger partial charge < -0.3 is 5.32 Å². The highest BCUT2D eigenvalue weighted by Gasteiger charge is 1.83. The second-order valence-electron chi connectivity index (χ2n) is 1.40. The van der Waals surface area contributed by atoms with E-state index in [-0.39, 0.29) is 0 Å². The van der Waals surface area contributed by atoms with Gasteiger partial charge in [0.25, 0.3) is 0 Å². The molecule has 0 aromatic rings. The first-order chi connectivity index (χ1) is 3.89. The monoisotopic (exact) mass is 127 g/mol. The minimum atomic E-state index is 0.648. The molecule has 0 aromatic heterocycles. The smallest absolute Gasteiger partial charge is 0.106 e. The lowest BCUT2D eigenvalue weighted by Crippen LogP contribution is -1.95. The van der Waals surface area contributed by atoms with E-state index in [0.717, 1.165) is 0 Å². The van der Waals surface area contributed by atoms with E-state index < -0.39 is 0 Å². The van der Waals surface area contributed by atoms with Gasteiger partial charge in [-0.3, -0.25) is 0 Å². The average molecular weight is 128 g/mol. The molecular formula is C6H6ClN. The Hall–Kier alpha value is -0.690. The predicted octanol–water partition coefficient (Wildman–Crippen LogP) is 1.74. The molecule has 0 aromatic carbocycles. The van der Waals surface area contributed by atoms with E-state index in [1.807, 2.05) is 18.2 Å². The Kier molecular flexibility index (Phi) is 1.75. The van der Waals surface area contributed by atoms with Crippen LogP contribution >= 0.6 is 11.6 Å². The molecular weight excluding hydrogens is 122 g/mol. The van der Waals surface area contributed by atoms with Crippen LogP contribution in [0.15, 0.2) is 35.7 Å². The van der Waals surface area contributed by atoms with Gasteiger partial charge in [-0.1, -0.05) is 23.8 Å². The van der Waals surface area contributed by atoms with E-state index in [0.29, 0.717) is 5.16 Å². The van der Waals surface area contributed by atoms with Gasteiger partial charge in [-0.25, -0.2) is 0 Å². The van der Waals surface area contributed by atoms with Gasteiger partial charge >= 0.3 is 0 Å². The van der Waals surface area contributed by atoms with Crippen LogP contribution in [-0.2, 0) is 0 Å². The number of allylic oxidation sites excluding steroid dienone is 4. The molecule has 1 rings (SSSR count). The largest absolute Gasteiger partial charge is 0.352 e. The van der Waals surface area contributed by atoms with Gasteiger partial charge in [0.1, 0.15) is 5.16 Å². The van der Waals surface area contributed by atoms with Crippen molar-refractivity contribution in [3.63, 3.8) is 0 Å². The van der Waals surface area contributed by atoms with Crippen molar-refractivity contribution in [2.45, 2.75) is 0 Å². The first-order valence-electron chi connectivity index (χ1n) is 2.35. The summed E-state index contributed by atoms with van der Waals surface area (Å²) < 4.78 is 0. The Morgan fingerprint density at radius 2 is 2.12 bits per heavy atom. The third kappa shape index (κ3) is 1.43. The quantitative estimate of drug-likeness (QED) is 0.489. The van der Waals surface area contributed by atoms with Crippen molar-refractivity contribution < 1.29 is 0 Å². The van der Waals surface area contributed by atoms with Crippen LogP contribution in [0.1, 0.15) is 0 Å². The van der Waals surface area contributed by atoms with Crippen LogP contribution in [0.25, 0.3) is 0 Å². The minimum Gasteiger partial charge on any atom is -0.352 e. The van der Waals surface area contributed by atoms with Crippen molar-refractivity contribution in [2.75, 3.05) is 0 Å². The summed E-state index contributed by atoms with van der Waals surface area (Å²) in [6.07, 6.45) is 9.23. The van der Waals surface area contributed by atoms with Crippen LogP contribution in [0.4, 0.5) is 0 Å². The van der Waals surface area contributed by atoms with Gasteiger partial charge in [-0.15, -0.1) is 0 Å². The zero-order valence-corrected chi connectivity index (χ0v) is 5.02. The number of hydrogen-bond donors (Lipinski definition) is 1. The molecule has 0 aliphatic carbocycles. The molecule has 0 unspecified atom stereocenters. The van der Waals surface area contributed by atoms with Crippen LogP contribution in [0.5, 0.6) is 0 Å². The van der Waals surface area contributed by atoms with Gasteiger partial charge in [0.05, 0.1) is 0 Å². The second-order valence-corrected chi connectivity index (χ2v) is 1.81. The van der Waals surface area contributed by atoms with Crippen LogP contribution in [0.3, 0.4) is 0 Å². The standard InChI is InChI=1S/C6H6ClN/c7-6-4-2-1-3-5-8-6/h1-5,8H. The fraction of sp³-hybridized carbons (Fsp3) is 0. The number of rotatable bonds is 0. The van der Waals surface area contributed by atoms with E-state index in [4.69, 9.17) is 11.6 Å². The zero-order valence-electron chi connectivity index (χ0n) is 4.26. The Bertz CT molecular complexity index is 156. The molecule has 42 valence electrons. The highest BCUT2D eigenvalue weighted by atomic mass is 35.5. The van der Waals surface area contributed by atoms with Crippen molar-refractivity contribution in [1.29, 1.82) is 0 Å². The fourth-order valence-electron chi connectivity index (χ4n) is 0.436. The molecule has 0 spiro atoms. The second kappa shape index (κ2) is 2.58. The summed E-state index contributed by atoms with van der Waals surface area (Å²) in [5.41, 5.74) is 0. The third-order valence-corrected chi connectivity index (χ3v) is 1.02. The third-order valence-electron chi connectivity index (χ3n) is 0.782. The first-order valence-corrected chi connectivity index (χ1v) is 2.73. The van der Waals surface area contributed by atoms with E-state index >= 15 is 0 Å². The van der Waals surface area contributed by atoms with E-state index in [9.17, 15) is 0 Å². The topological polar surface area (TPSA) is 12.0 Å². The predicted molar refractivity (Wildman–Crippen MR) is 35.4 cm³/mol. The number of nitrogens with one attached hydrogen (secondary N) is 1. The number of halogens is 1. The molecule has 0 atom stereocenters. The first kappa shape index (κ1) is 5.45. The van der Waals surface area contributed by atoms with Crippen molar-refractivity contribution in [2.24, 2.45) is 0 Å². The van der Waals surface area contributed by atoms with Gasteiger partial charge in [0.15, 0.2) is 0 Å². The molecule has 1 N–H and O–H groups in total. The summed E-state index contributed by atoms with van der Waals surface area (Å²) >= 11 is 5.57. The molecule has 0 saturated heterocycles. The molecule has 0 bridgehead atoms. The molecule has 2 heteroatoms. The average Bonchev–Trinajstić information content (AvgIpc) is 1.94. The van der Waals surface area contributed by atoms with Gasteiger partial charge in [0, 0.05) is 6.20 Å². The molecule has 1 aliphatic rings. The molecule has 8 heavy (non-hydrogen) atoms. The molecule has 0 amide bonds.